The van der Waals surface area contributed by atoms with E-state index in [-0.39, 0.29) is 6.09 Å². The lowest BCUT2D eigenvalue weighted by Gasteiger charge is -2.03. The van der Waals surface area contributed by atoms with E-state index in [1.807, 2.05) is 24.3 Å². The molecule has 0 unspecified atom stereocenters. The lowest BCUT2D eigenvalue weighted by Crippen LogP contribution is -2.17. The van der Waals surface area contributed by atoms with Crippen molar-refractivity contribution in [2.45, 2.75) is 0 Å². The summed E-state index contributed by atoms with van der Waals surface area (Å²) in [6.07, 6.45) is -0.387. The molecule has 4 nitrogen and oxygen atoms in total. The number of hydrogen-bond acceptors (Lipinski definition) is 3. The Morgan fingerprint density at radius 2 is 2.25 bits per heavy atom. The van der Waals surface area contributed by atoms with Crippen LogP contribution in [0, 0.1) is 12.0 Å². The maximum atomic E-state index is 11.1. The zero-order valence-corrected chi connectivity index (χ0v) is 8.90. The second kappa shape index (κ2) is 4.58. The Labute approximate surface area is 93.8 Å². The Kier molecular flexibility index (Phi) is 2.97. The number of para-hydroxylation sites is 1. The van der Waals surface area contributed by atoms with Crippen molar-refractivity contribution in [3.63, 3.8) is 0 Å². The van der Waals surface area contributed by atoms with E-state index in [1.54, 1.807) is 7.11 Å². The highest BCUT2D eigenvalue weighted by Gasteiger charge is 2.19. The SMILES string of the molecule is COc1ccccc1C#CN1CCOC1=O. The van der Waals surface area contributed by atoms with E-state index in [2.05, 4.69) is 12.0 Å². The Morgan fingerprint density at radius 3 is 2.94 bits per heavy atom. The Morgan fingerprint density at radius 1 is 1.44 bits per heavy atom. The van der Waals surface area contributed by atoms with Crippen LogP contribution in [0.5, 0.6) is 5.75 Å². The minimum Gasteiger partial charge on any atom is -0.495 e. The summed E-state index contributed by atoms with van der Waals surface area (Å²) in [4.78, 5) is 12.5. The number of carbonyl (C=O) groups excluding carboxylic acids is 1. The summed E-state index contributed by atoms with van der Waals surface area (Å²) in [6.45, 7) is 0.917. The molecule has 0 aliphatic carbocycles. The first kappa shape index (κ1) is 10.4. The Balaban J connectivity index is 2.20. The molecule has 1 aliphatic rings. The van der Waals surface area contributed by atoms with Gasteiger partial charge in [0.15, 0.2) is 0 Å². The fraction of sp³-hybridized carbons (Fsp3) is 0.250. The van der Waals surface area contributed by atoms with Crippen LogP contribution in [0.3, 0.4) is 0 Å². The van der Waals surface area contributed by atoms with Crippen molar-refractivity contribution in [2.75, 3.05) is 20.3 Å². The molecule has 0 spiro atoms. The number of rotatable bonds is 1. The van der Waals surface area contributed by atoms with E-state index in [9.17, 15) is 4.79 Å². The first-order valence-corrected chi connectivity index (χ1v) is 4.90. The van der Waals surface area contributed by atoms with Gasteiger partial charge >= 0.3 is 6.09 Å². The van der Waals surface area contributed by atoms with Crippen molar-refractivity contribution >= 4 is 6.09 Å². The molecule has 2 rings (SSSR count). The molecule has 1 fully saturated rings. The second-order valence-corrected chi connectivity index (χ2v) is 3.20. The highest BCUT2D eigenvalue weighted by Crippen LogP contribution is 2.15. The lowest BCUT2D eigenvalue weighted by molar-refractivity contribution is 0.167. The maximum Gasteiger partial charge on any atom is 0.421 e. The zero-order valence-electron chi connectivity index (χ0n) is 8.90. The summed E-state index contributed by atoms with van der Waals surface area (Å²) in [5.41, 5.74) is 0.754. The summed E-state index contributed by atoms with van der Waals surface area (Å²) in [5, 5.41) is 0. The quantitative estimate of drug-likeness (QED) is 0.668. The second-order valence-electron chi connectivity index (χ2n) is 3.20. The average molecular weight is 217 g/mol. The monoisotopic (exact) mass is 217 g/mol. The normalized spacial score (nSPS) is 14.1. The molecule has 1 saturated heterocycles. The van der Waals surface area contributed by atoms with Crippen molar-refractivity contribution < 1.29 is 14.3 Å². The molecule has 0 N–H and O–H groups in total. The van der Waals surface area contributed by atoms with Crippen molar-refractivity contribution in [1.29, 1.82) is 0 Å². The molecule has 4 heteroatoms. The molecular weight excluding hydrogens is 206 g/mol. The number of nitrogens with zero attached hydrogens (tertiary/aromatic N) is 1. The van der Waals surface area contributed by atoms with E-state index in [4.69, 9.17) is 9.47 Å². The zero-order chi connectivity index (χ0) is 11.4. The molecule has 1 aromatic rings. The number of methoxy groups -OCH3 is 1. The molecular formula is C12H11NO3. The third-order valence-electron chi connectivity index (χ3n) is 2.19. The van der Waals surface area contributed by atoms with Gasteiger partial charge in [0.05, 0.1) is 19.2 Å². The maximum absolute atomic E-state index is 11.1. The van der Waals surface area contributed by atoms with Crippen LogP contribution in [0.1, 0.15) is 5.56 Å². The van der Waals surface area contributed by atoms with E-state index in [0.717, 1.165) is 5.56 Å². The fourth-order valence-corrected chi connectivity index (χ4v) is 1.37. The molecule has 1 aliphatic heterocycles. The number of cyclic esters (lactones) is 1. The van der Waals surface area contributed by atoms with Crippen LogP contribution in [-0.2, 0) is 4.74 Å². The Hall–Kier alpha value is -2.15. The Bertz CT molecular complexity index is 459. The van der Waals surface area contributed by atoms with Gasteiger partial charge in [-0.15, -0.1) is 0 Å². The predicted molar refractivity (Wildman–Crippen MR) is 57.9 cm³/mol. The van der Waals surface area contributed by atoms with Crippen molar-refractivity contribution in [2.24, 2.45) is 0 Å². The highest BCUT2D eigenvalue weighted by molar-refractivity contribution is 5.72. The number of benzene rings is 1. The van der Waals surface area contributed by atoms with Gasteiger partial charge in [0.1, 0.15) is 12.4 Å². The molecule has 0 aromatic heterocycles. The smallest absolute Gasteiger partial charge is 0.421 e. The van der Waals surface area contributed by atoms with Crippen LogP contribution in [0.4, 0.5) is 4.79 Å². The third-order valence-corrected chi connectivity index (χ3v) is 2.19. The summed E-state index contributed by atoms with van der Waals surface area (Å²) < 4.78 is 9.91. The number of amides is 1. The summed E-state index contributed by atoms with van der Waals surface area (Å²) in [7, 11) is 1.59. The molecule has 1 heterocycles. The fourth-order valence-electron chi connectivity index (χ4n) is 1.37. The minimum atomic E-state index is -0.387. The standard InChI is InChI=1S/C12H11NO3/c1-15-11-5-3-2-4-10(11)6-7-13-8-9-16-12(13)14/h2-5H,8-9H2,1H3. The average Bonchev–Trinajstić information content (AvgIpc) is 2.72. The molecule has 0 bridgehead atoms. The molecule has 1 amide bonds. The lowest BCUT2D eigenvalue weighted by atomic mass is 10.2. The number of ether oxygens (including phenoxy) is 2. The van der Waals surface area contributed by atoms with Crippen LogP contribution in [0.15, 0.2) is 24.3 Å². The molecule has 0 radical (unpaired) electrons. The summed E-state index contributed by atoms with van der Waals surface area (Å²) in [5.74, 6) is 3.58. The van der Waals surface area contributed by atoms with Crippen molar-refractivity contribution in [3.8, 4) is 17.7 Å². The van der Waals surface area contributed by atoms with Gasteiger partial charge in [0, 0.05) is 6.04 Å². The van der Waals surface area contributed by atoms with Gasteiger partial charge in [-0.3, -0.25) is 0 Å². The molecule has 0 saturated carbocycles. The first-order chi connectivity index (χ1) is 7.81. The van der Waals surface area contributed by atoms with E-state index in [1.165, 1.54) is 4.90 Å². The van der Waals surface area contributed by atoms with Crippen molar-refractivity contribution in [3.05, 3.63) is 29.8 Å². The largest absolute Gasteiger partial charge is 0.495 e. The van der Waals surface area contributed by atoms with Crippen LogP contribution in [0.2, 0.25) is 0 Å². The van der Waals surface area contributed by atoms with Gasteiger partial charge in [-0.05, 0) is 18.1 Å². The van der Waals surface area contributed by atoms with Gasteiger partial charge < -0.3 is 9.47 Å². The molecule has 16 heavy (non-hydrogen) atoms. The topological polar surface area (TPSA) is 38.8 Å². The third kappa shape index (κ3) is 2.09. The summed E-state index contributed by atoms with van der Waals surface area (Å²) >= 11 is 0. The van der Waals surface area contributed by atoms with Gasteiger partial charge in [-0.2, -0.15) is 0 Å². The minimum absolute atomic E-state index is 0.387. The van der Waals surface area contributed by atoms with Crippen molar-refractivity contribution in [1.82, 2.24) is 4.90 Å². The van der Waals surface area contributed by atoms with E-state index < -0.39 is 0 Å². The van der Waals surface area contributed by atoms with Crippen LogP contribution >= 0.6 is 0 Å². The molecule has 0 atom stereocenters. The first-order valence-electron chi connectivity index (χ1n) is 4.90. The van der Waals surface area contributed by atoms with Gasteiger partial charge in [-0.1, -0.05) is 12.1 Å². The van der Waals surface area contributed by atoms with E-state index >= 15 is 0 Å². The van der Waals surface area contributed by atoms with Gasteiger partial charge in [-0.25, -0.2) is 9.69 Å². The number of carbonyl (C=O) groups is 1. The molecule has 1 aromatic carbocycles. The van der Waals surface area contributed by atoms with Crippen LogP contribution < -0.4 is 4.74 Å². The molecule has 82 valence electrons. The van der Waals surface area contributed by atoms with Crippen LogP contribution in [-0.4, -0.2) is 31.3 Å². The predicted octanol–water partition coefficient (Wildman–Crippen LogP) is 1.46. The van der Waals surface area contributed by atoms with Gasteiger partial charge in [0.2, 0.25) is 0 Å². The number of hydrogen-bond donors (Lipinski definition) is 0. The summed E-state index contributed by atoms with van der Waals surface area (Å²) in [6, 6.07) is 10.2. The van der Waals surface area contributed by atoms with Crippen LogP contribution in [0.25, 0.3) is 0 Å². The highest BCUT2D eigenvalue weighted by atomic mass is 16.6. The van der Waals surface area contributed by atoms with E-state index in [0.29, 0.717) is 18.9 Å². The van der Waals surface area contributed by atoms with Gasteiger partial charge in [0.25, 0.3) is 0 Å².